The van der Waals surface area contributed by atoms with E-state index >= 15 is 0 Å². The zero-order valence-electron chi connectivity index (χ0n) is 10.9. The largest absolute Gasteiger partial charge is 0.273 e. The minimum Gasteiger partial charge on any atom is -0.273 e. The van der Waals surface area contributed by atoms with Gasteiger partial charge in [-0.1, -0.05) is 24.3 Å². The van der Waals surface area contributed by atoms with E-state index in [0.29, 0.717) is 15.6 Å². The van der Waals surface area contributed by atoms with Gasteiger partial charge in [0.1, 0.15) is 5.82 Å². The van der Waals surface area contributed by atoms with E-state index in [4.69, 9.17) is 0 Å². The number of benzene rings is 2. The second-order valence-corrected chi connectivity index (χ2v) is 5.15. The zero-order valence-corrected chi connectivity index (χ0v) is 12.5. The number of hydrazine groups is 1. The van der Waals surface area contributed by atoms with Crippen molar-refractivity contribution in [2.75, 3.05) is 0 Å². The van der Waals surface area contributed by atoms with E-state index in [-0.39, 0.29) is 6.42 Å². The summed E-state index contributed by atoms with van der Waals surface area (Å²) in [6.45, 7) is 0. The van der Waals surface area contributed by atoms with Crippen LogP contribution in [0, 0.1) is 5.82 Å². The SMILES string of the molecule is O=C(Cc1ccc(F)c(Br)c1)NNC(=O)c1ccccc1. The van der Waals surface area contributed by atoms with Gasteiger partial charge in [0.05, 0.1) is 10.9 Å². The zero-order chi connectivity index (χ0) is 15.2. The Labute approximate surface area is 129 Å². The van der Waals surface area contributed by atoms with E-state index in [1.807, 2.05) is 0 Å². The summed E-state index contributed by atoms with van der Waals surface area (Å²) in [6.07, 6.45) is 0.0357. The van der Waals surface area contributed by atoms with Gasteiger partial charge in [-0.05, 0) is 45.8 Å². The number of halogens is 2. The molecular weight excluding hydrogens is 339 g/mol. The first kappa shape index (κ1) is 15.2. The topological polar surface area (TPSA) is 58.2 Å². The molecule has 6 heteroatoms. The van der Waals surface area contributed by atoms with Gasteiger partial charge in [-0.25, -0.2) is 4.39 Å². The number of rotatable bonds is 3. The van der Waals surface area contributed by atoms with Gasteiger partial charge >= 0.3 is 0 Å². The second kappa shape index (κ2) is 6.99. The van der Waals surface area contributed by atoms with Crippen molar-refractivity contribution in [2.24, 2.45) is 0 Å². The first-order valence-corrected chi connectivity index (χ1v) is 6.94. The third kappa shape index (κ3) is 4.39. The number of nitrogens with one attached hydrogen (secondary N) is 2. The number of hydrogen-bond donors (Lipinski definition) is 2. The molecule has 0 aliphatic carbocycles. The lowest BCUT2D eigenvalue weighted by atomic mass is 10.1. The lowest BCUT2D eigenvalue weighted by Gasteiger charge is -2.07. The van der Waals surface area contributed by atoms with Crippen molar-refractivity contribution < 1.29 is 14.0 Å². The van der Waals surface area contributed by atoms with E-state index in [9.17, 15) is 14.0 Å². The summed E-state index contributed by atoms with van der Waals surface area (Å²) in [6, 6.07) is 12.8. The first-order chi connectivity index (χ1) is 10.1. The molecule has 2 aromatic rings. The van der Waals surface area contributed by atoms with Gasteiger partial charge in [-0.3, -0.25) is 20.4 Å². The van der Waals surface area contributed by atoms with Crippen LogP contribution in [0.1, 0.15) is 15.9 Å². The predicted octanol–water partition coefficient (Wildman–Crippen LogP) is 2.59. The van der Waals surface area contributed by atoms with Crippen LogP contribution in [0.4, 0.5) is 4.39 Å². The Morgan fingerprint density at radius 1 is 1.05 bits per heavy atom. The maximum absolute atomic E-state index is 13.1. The van der Waals surface area contributed by atoms with Gasteiger partial charge in [0.2, 0.25) is 5.91 Å². The Bertz CT molecular complexity index is 662. The van der Waals surface area contributed by atoms with Crippen LogP contribution in [0.3, 0.4) is 0 Å². The first-order valence-electron chi connectivity index (χ1n) is 6.14. The fourth-order valence-corrected chi connectivity index (χ4v) is 2.09. The third-order valence-electron chi connectivity index (χ3n) is 2.70. The van der Waals surface area contributed by atoms with Crippen LogP contribution >= 0.6 is 15.9 Å². The highest BCUT2D eigenvalue weighted by Crippen LogP contribution is 2.17. The molecule has 0 saturated carbocycles. The summed E-state index contributed by atoms with van der Waals surface area (Å²) in [5.74, 6) is -1.18. The van der Waals surface area contributed by atoms with Crippen molar-refractivity contribution in [3.05, 3.63) is 69.9 Å². The van der Waals surface area contributed by atoms with Gasteiger partial charge in [0, 0.05) is 5.56 Å². The van der Waals surface area contributed by atoms with E-state index in [1.165, 1.54) is 18.2 Å². The Hall–Kier alpha value is -2.21. The van der Waals surface area contributed by atoms with E-state index in [0.717, 1.165) is 0 Å². The average Bonchev–Trinajstić information content (AvgIpc) is 2.49. The minimum absolute atomic E-state index is 0.0357. The molecule has 0 aromatic heterocycles. The van der Waals surface area contributed by atoms with Crippen molar-refractivity contribution in [1.29, 1.82) is 0 Å². The van der Waals surface area contributed by atoms with E-state index < -0.39 is 17.6 Å². The van der Waals surface area contributed by atoms with E-state index in [2.05, 4.69) is 26.8 Å². The Kier molecular flexibility index (Phi) is 5.05. The average molecular weight is 351 g/mol. The second-order valence-electron chi connectivity index (χ2n) is 4.29. The number of carbonyl (C=O) groups excluding carboxylic acids is 2. The Morgan fingerprint density at radius 2 is 1.76 bits per heavy atom. The normalized spacial score (nSPS) is 10.0. The fraction of sp³-hybridized carbons (Fsp3) is 0.0667. The predicted molar refractivity (Wildman–Crippen MR) is 79.9 cm³/mol. The molecule has 0 aliphatic rings. The van der Waals surface area contributed by atoms with Crippen LogP contribution in [-0.4, -0.2) is 11.8 Å². The molecule has 0 bridgehead atoms. The van der Waals surface area contributed by atoms with Crippen molar-refractivity contribution in [3.63, 3.8) is 0 Å². The van der Waals surface area contributed by atoms with Crippen molar-refractivity contribution in [1.82, 2.24) is 10.9 Å². The van der Waals surface area contributed by atoms with Crippen LogP contribution < -0.4 is 10.9 Å². The summed E-state index contributed by atoms with van der Waals surface area (Å²) in [5, 5.41) is 0. The van der Waals surface area contributed by atoms with Crippen molar-refractivity contribution >= 4 is 27.7 Å². The molecule has 4 nitrogen and oxygen atoms in total. The highest BCUT2D eigenvalue weighted by Gasteiger charge is 2.08. The molecule has 21 heavy (non-hydrogen) atoms. The molecule has 108 valence electrons. The molecule has 0 aliphatic heterocycles. The standard InChI is InChI=1S/C15H12BrFN2O2/c16-12-8-10(6-7-13(12)17)9-14(20)18-19-15(21)11-4-2-1-3-5-11/h1-8H,9H2,(H,18,20)(H,19,21). The molecule has 0 atom stereocenters. The van der Waals surface area contributed by atoms with Crippen LogP contribution in [-0.2, 0) is 11.2 Å². The Balaban J connectivity index is 1.87. The molecule has 0 fully saturated rings. The van der Waals surface area contributed by atoms with Gasteiger partial charge in [0.25, 0.3) is 5.91 Å². The summed E-state index contributed by atoms with van der Waals surface area (Å²) < 4.78 is 13.4. The highest BCUT2D eigenvalue weighted by atomic mass is 79.9. The Morgan fingerprint density at radius 3 is 2.43 bits per heavy atom. The highest BCUT2D eigenvalue weighted by molar-refractivity contribution is 9.10. The van der Waals surface area contributed by atoms with Crippen LogP contribution in [0.5, 0.6) is 0 Å². The third-order valence-corrected chi connectivity index (χ3v) is 3.31. The molecule has 0 spiro atoms. The smallest absolute Gasteiger partial charge is 0.269 e. The molecule has 0 radical (unpaired) electrons. The van der Waals surface area contributed by atoms with Gasteiger partial charge in [-0.2, -0.15) is 0 Å². The quantitative estimate of drug-likeness (QED) is 0.836. The molecule has 2 N–H and O–H groups in total. The molecule has 0 heterocycles. The lowest BCUT2D eigenvalue weighted by Crippen LogP contribution is -2.42. The lowest BCUT2D eigenvalue weighted by molar-refractivity contribution is -0.121. The molecule has 0 saturated heterocycles. The fourth-order valence-electron chi connectivity index (χ4n) is 1.67. The molecule has 2 aromatic carbocycles. The van der Waals surface area contributed by atoms with Crippen molar-refractivity contribution in [3.8, 4) is 0 Å². The van der Waals surface area contributed by atoms with Gasteiger partial charge < -0.3 is 0 Å². The number of amides is 2. The number of carbonyl (C=O) groups is 2. The van der Waals surface area contributed by atoms with Crippen LogP contribution in [0.2, 0.25) is 0 Å². The summed E-state index contributed by atoms with van der Waals surface area (Å²) in [7, 11) is 0. The van der Waals surface area contributed by atoms with Crippen LogP contribution in [0.15, 0.2) is 53.0 Å². The van der Waals surface area contributed by atoms with Gasteiger partial charge in [0.15, 0.2) is 0 Å². The molecule has 2 amide bonds. The molecule has 2 rings (SSSR count). The maximum Gasteiger partial charge on any atom is 0.269 e. The number of hydrogen-bond acceptors (Lipinski definition) is 2. The molecular formula is C15H12BrFN2O2. The summed E-state index contributed by atoms with van der Waals surface area (Å²) in [5.41, 5.74) is 5.72. The maximum atomic E-state index is 13.1. The summed E-state index contributed by atoms with van der Waals surface area (Å²) in [4.78, 5) is 23.4. The minimum atomic E-state index is -0.399. The van der Waals surface area contributed by atoms with E-state index in [1.54, 1.807) is 30.3 Å². The summed E-state index contributed by atoms with van der Waals surface area (Å²) >= 11 is 3.05. The van der Waals surface area contributed by atoms with Crippen molar-refractivity contribution in [2.45, 2.75) is 6.42 Å². The molecule has 0 unspecified atom stereocenters. The van der Waals surface area contributed by atoms with Gasteiger partial charge in [-0.15, -0.1) is 0 Å². The van der Waals surface area contributed by atoms with Crippen LogP contribution in [0.25, 0.3) is 0 Å². The monoisotopic (exact) mass is 350 g/mol.